The van der Waals surface area contributed by atoms with E-state index < -0.39 is 0 Å². The summed E-state index contributed by atoms with van der Waals surface area (Å²) in [5.41, 5.74) is 0.434. The molecular weight excluding hydrogens is 386 g/mol. The van der Waals surface area contributed by atoms with Crippen LogP contribution in [0.4, 0.5) is 0 Å². The highest BCUT2D eigenvalue weighted by Crippen LogP contribution is 2.37. The van der Waals surface area contributed by atoms with Crippen LogP contribution in [-0.4, -0.2) is 24.5 Å². The van der Waals surface area contributed by atoms with E-state index in [1.54, 1.807) is 40.7 Å². The number of rotatable bonds is 8. The van der Waals surface area contributed by atoms with Crippen LogP contribution in [0.25, 0.3) is 0 Å². The third kappa shape index (κ3) is 4.64. The molecule has 0 atom stereocenters. The van der Waals surface area contributed by atoms with Gasteiger partial charge in [0.15, 0.2) is 11.5 Å². The number of methoxy groups -OCH3 is 1. The number of halogens is 1. The van der Waals surface area contributed by atoms with Crippen molar-refractivity contribution in [3.05, 3.63) is 69.3 Å². The lowest BCUT2D eigenvalue weighted by Crippen LogP contribution is -2.29. The first kappa shape index (κ1) is 19.3. The van der Waals surface area contributed by atoms with E-state index in [1.165, 1.54) is 7.11 Å². The molecule has 0 fully saturated rings. The molecule has 0 bridgehead atoms. The highest BCUT2D eigenvalue weighted by molar-refractivity contribution is 7.09. The van der Waals surface area contributed by atoms with Crippen LogP contribution in [0.5, 0.6) is 11.5 Å². The van der Waals surface area contributed by atoms with E-state index in [9.17, 15) is 4.79 Å². The van der Waals surface area contributed by atoms with Crippen molar-refractivity contribution >= 4 is 28.8 Å². The molecule has 0 aliphatic rings. The van der Waals surface area contributed by atoms with E-state index in [2.05, 4.69) is 0 Å². The molecule has 2 aromatic heterocycles. The highest BCUT2D eigenvalue weighted by atomic mass is 35.5. The Kier molecular flexibility index (Phi) is 6.42. The van der Waals surface area contributed by atoms with Gasteiger partial charge >= 0.3 is 0 Å². The Labute approximate surface area is 167 Å². The summed E-state index contributed by atoms with van der Waals surface area (Å²) in [6, 6.07) is 10.9. The second kappa shape index (κ2) is 8.97. The average Bonchev–Trinajstić information content (AvgIpc) is 3.36. The number of carbonyl (C=O) groups is 1. The predicted molar refractivity (Wildman–Crippen MR) is 106 cm³/mol. The van der Waals surface area contributed by atoms with Gasteiger partial charge < -0.3 is 18.8 Å². The SMILES string of the molecule is CCOc1c(Cl)cc(C(=O)N(Cc2ccco2)Cc2cccs2)cc1OC. The Hall–Kier alpha value is -2.44. The van der Waals surface area contributed by atoms with Crippen molar-refractivity contribution in [1.29, 1.82) is 0 Å². The second-order valence-electron chi connectivity index (χ2n) is 5.74. The number of ether oxygens (including phenoxy) is 2. The van der Waals surface area contributed by atoms with Crippen molar-refractivity contribution in [3.63, 3.8) is 0 Å². The van der Waals surface area contributed by atoms with E-state index in [0.29, 0.717) is 47.5 Å². The molecule has 0 saturated carbocycles. The zero-order valence-corrected chi connectivity index (χ0v) is 16.7. The molecule has 3 aromatic rings. The predicted octanol–water partition coefficient (Wildman–Crippen LogP) is 5.24. The molecule has 0 aliphatic carbocycles. The van der Waals surface area contributed by atoms with Crippen molar-refractivity contribution < 1.29 is 18.7 Å². The third-order valence-corrected chi connectivity index (χ3v) is 5.05. The molecule has 142 valence electrons. The van der Waals surface area contributed by atoms with E-state index in [1.807, 2.05) is 30.5 Å². The van der Waals surface area contributed by atoms with Crippen molar-refractivity contribution in [2.24, 2.45) is 0 Å². The van der Waals surface area contributed by atoms with Gasteiger partial charge in [-0.2, -0.15) is 0 Å². The van der Waals surface area contributed by atoms with Gasteiger partial charge in [0.05, 0.1) is 38.1 Å². The Morgan fingerprint density at radius 1 is 1.26 bits per heavy atom. The molecule has 0 saturated heterocycles. The molecule has 0 N–H and O–H groups in total. The second-order valence-corrected chi connectivity index (χ2v) is 7.18. The fourth-order valence-electron chi connectivity index (χ4n) is 2.69. The lowest BCUT2D eigenvalue weighted by atomic mass is 10.1. The topological polar surface area (TPSA) is 51.9 Å². The van der Waals surface area contributed by atoms with Gasteiger partial charge in [-0.15, -0.1) is 11.3 Å². The van der Waals surface area contributed by atoms with Crippen LogP contribution < -0.4 is 9.47 Å². The summed E-state index contributed by atoms with van der Waals surface area (Å²) >= 11 is 7.94. The van der Waals surface area contributed by atoms with E-state index >= 15 is 0 Å². The highest BCUT2D eigenvalue weighted by Gasteiger charge is 2.22. The molecule has 7 heteroatoms. The first-order valence-corrected chi connectivity index (χ1v) is 9.72. The summed E-state index contributed by atoms with van der Waals surface area (Å²) in [5, 5.41) is 2.33. The minimum absolute atomic E-state index is 0.164. The van der Waals surface area contributed by atoms with Gasteiger partial charge in [-0.05, 0) is 42.6 Å². The smallest absolute Gasteiger partial charge is 0.254 e. The fraction of sp³-hybridized carbons (Fsp3) is 0.250. The van der Waals surface area contributed by atoms with Crippen LogP contribution >= 0.6 is 22.9 Å². The zero-order chi connectivity index (χ0) is 19.2. The summed E-state index contributed by atoms with van der Waals surface area (Å²) in [4.78, 5) is 16.0. The van der Waals surface area contributed by atoms with Gasteiger partial charge in [0.1, 0.15) is 5.76 Å². The van der Waals surface area contributed by atoms with Gasteiger partial charge in [0.2, 0.25) is 0 Å². The number of furan rings is 1. The Morgan fingerprint density at radius 2 is 2.11 bits per heavy atom. The summed E-state index contributed by atoms with van der Waals surface area (Å²) in [6.45, 7) is 3.15. The number of nitrogens with zero attached hydrogens (tertiary/aromatic N) is 1. The van der Waals surface area contributed by atoms with Crippen molar-refractivity contribution in [2.45, 2.75) is 20.0 Å². The molecule has 3 rings (SSSR count). The first-order chi connectivity index (χ1) is 13.1. The van der Waals surface area contributed by atoms with E-state index in [4.69, 9.17) is 25.5 Å². The van der Waals surface area contributed by atoms with Crippen molar-refractivity contribution in [3.8, 4) is 11.5 Å². The molecule has 0 spiro atoms. The molecule has 2 heterocycles. The van der Waals surface area contributed by atoms with Crippen LogP contribution in [0.15, 0.2) is 52.5 Å². The average molecular weight is 406 g/mol. The molecule has 27 heavy (non-hydrogen) atoms. The standard InChI is InChI=1S/C20H20ClNO4S/c1-3-25-19-17(21)10-14(11-18(19)24-2)20(23)22(12-15-6-4-8-26-15)13-16-7-5-9-27-16/h4-11H,3,12-13H2,1-2H3. The minimum atomic E-state index is -0.164. The number of thiophene rings is 1. The fourth-order valence-corrected chi connectivity index (χ4v) is 3.68. The van der Waals surface area contributed by atoms with Gasteiger partial charge in [-0.25, -0.2) is 0 Å². The van der Waals surface area contributed by atoms with Crippen LogP contribution in [0, 0.1) is 0 Å². The molecule has 0 aliphatic heterocycles. The maximum atomic E-state index is 13.2. The zero-order valence-electron chi connectivity index (χ0n) is 15.1. The number of hydrogen-bond acceptors (Lipinski definition) is 5. The largest absolute Gasteiger partial charge is 0.493 e. The summed E-state index contributed by atoms with van der Waals surface area (Å²) < 4.78 is 16.3. The Bertz CT molecular complexity index is 842. The Morgan fingerprint density at radius 3 is 2.74 bits per heavy atom. The molecule has 0 radical (unpaired) electrons. The molecule has 5 nitrogen and oxygen atoms in total. The minimum Gasteiger partial charge on any atom is -0.493 e. The number of benzene rings is 1. The summed E-state index contributed by atoms with van der Waals surface area (Å²) in [6.07, 6.45) is 1.60. The quantitative estimate of drug-likeness (QED) is 0.514. The number of carbonyl (C=O) groups excluding carboxylic acids is 1. The van der Waals surface area contributed by atoms with Crippen LogP contribution in [0.1, 0.15) is 27.9 Å². The van der Waals surface area contributed by atoms with Gasteiger partial charge in [0, 0.05) is 10.4 Å². The van der Waals surface area contributed by atoms with Gasteiger partial charge in [-0.1, -0.05) is 17.7 Å². The van der Waals surface area contributed by atoms with Crippen LogP contribution in [-0.2, 0) is 13.1 Å². The maximum Gasteiger partial charge on any atom is 0.254 e. The van der Waals surface area contributed by atoms with Crippen LogP contribution in [0.2, 0.25) is 5.02 Å². The van der Waals surface area contributed by atoms with Gasteiger partial charge in [0.25, 0.3) is 5.91 Å². The summed E-state index contributed by atoms with van der Waals surface area (Å²) in [7, 11) is 1.52. The maximum absolute atomic E-state index is 13.2. The monoisotopic (exact) mass is 405 g/mol. The molecule has 1 aromatic carbocycles. The third-order valence-electron chi connectivity index (χ3n) is 3.91. The molecule has 0 unspecified atom stereocenters. The Balaban J connectivity index is 1.91. The van der Waals surface area contributed by atoms with Crippen LogP contribution in [0.3, 0.4) is 0 Å². The van der Waals surface area contributed by atoms with Crippen molar-refractivity contribution in [1.82, 2.24) is 4.90 Å². The molecular formula is C20H20ClNO4S. The number of hydrogen-bond donors (Lipinski definition) is 0. The molecule has 1 amide bonds. The van der Waals surface area contributed by atoms with E-state index in [-0.39, 0.29) is 5.91 Å². The summed E-state index contributed by atoms with van der Waals surface area (Å²) in [5.74, 6) is 1.42. The van der Waals surface area contributed by atoms with Crippen molar-refractivity contribution in [2.75, 3.05) is 13.7 Å². The van der Waals surface area contributed by atoms with E-state index in [0.717, 1.165) is 4.88 Å². The van der Waals surface area contributed by atoms with Gasteiger partial charge in [-0.3, -0.25) is 4.79 Å². The lowest BCUT2D eigenvalue weighted by molar-refractivity contribution is 0.0719. The number of amides is 1. The first-order valence-electron chi connectivity index (χ1n) is 8.46. The normalized spacial score (nSPS) is 10.6. The lowest BCUT2D eigenvalue weighted by Gasteiger charge is -2.22.